The summed E-state index contributed by atoms with van der Waals surface area (Å²) in [5, 5.41) is 9.01. The summed E-state index contributed by atoms with van der Waals surface area (Å²) in [6.45, 7) is 9.93. The van der Waals surface area contributed by atoms with Gasteiger partial charge in [0.25, 0.3) is 0 Å². The molecule has 2 heterocycles. The lowest BCUT2D eigenvalue weighted by Gasteiger charge is -2.28. The van der Waals surface area contributed by atoms with Crippen molar-refractivity contribution in [3.05, 3.63) is 42.2 Å². The number of primary amides is 1. The largest absolute Gasteiger partial charge is 0.444 e. The predicted molar refractivity (Wildman–Crippen MR) is 122 cm³/mol. The van der Waals surface area contributed by atoms with Gasteiger partial charge in [-0.15, -0.1) is 0 Å². The van der Waals surface area contributed by atoms with Crippen LogP contribution in [0.25, 0.3) is 21.7 Å². The molecule has 0 atom stereocenters. The first kappa shape index (κ1) is 22.3. The van der Waals surface area contributed by atoms with E-state index in [1.54, 1.807) is 24.5 Å². The molecule has 164 valence electrons. The zero-order chi connectivity index (χ0) is 22.8. The van der Waals surface area contributed by atoms with Crippen molar-refractivity contribution in [2.75, 3.05) is 11.9 Å². The van der Waals surface area contributed by atoms with Crippen LogP contribution in [0.2, 0.25) is 0 Å². The number of anilines is 1. The molecule has 0 spiro atoms. The van der Waals surface area contributed by atoms with Crippen LogP contribution in [0.1, 0.15) is 51.4 Å². The third-order valence-electron chi connectivity index (χ3n) is 4.76. The fourth-order valence-corrected chi connectivity index (χ4v) is 3.27. The second-order valence-corrected chi connectivity index (χ2v) is 9.17. The zero-order valence-electron chi connectivity index (χ0n) is 18.6. The van der Waals surface area contributed by atoms with E-state index in [1.165, 1.54) is 0 Å². The number of alkyl carbamates (subject to hydrolysis) is 1. The van der Waals surface area contributed by atoms with Crippen molar-refractivity contribution in [2.24, 2.45) is 5.73 Å². The van der Waals surface area contributed by atoms with Gasteiger partial charge in [0.05, 0.1) is 5.52 Å². The Kier molecular flexibility index (Phi) is 6.01. The number of aromatic nitrogens is 2. The van der Waals surface area contributed by atoms with E-state index in [0.717, 1.165) is 16.2 Å². The van der Waals surface area contributed by atoms with Crippen molar-refractivity contribution in [2.45, 2.75) is 52.2 Å². The molecule has 4 N–H and O–H groups in total. The Hall–Kier alpha value is -3.42. The number of hydrogen-bond donors (Lipinski definition) is 3. The van der Waals surface area contributed by atoms with Gasteiger partial charge in [0.1, 0.15) is 11.4 Å². The third-order valence-corrected chi connectivity index (χ3v) is 4.76. The highest BCUT2D eigenvalue weighted by molar-refractivity contribution is 6.11. The highest BCUT2D eigenvalue weighted by Crippen LogP contribution is 2.29. The molecule has 0 saturated heterocycles. The maximum atomic E-state index is 12.1. The quantitative estimate of drug-likeness (QED) is 0.516. The Morgan fingerprint density at radius 2 is 1.81 bits per heavy atom. The van der Waals surface area contributed by atoms with Crippen LogP contribution >= 0.6 is 0 Å². The van der Waals surface area contributed by atoms with Gasteiger partial charge in [0.2, 0.25) is 5.91 Å². The number of pyridine rings is 2. The molecule has 3 aromatic rings. The Bertz CT molecular complexity index is 1140. The number of nitrogens with two attached hydrogens (primary N) is 1. The van der Waals surface area contributed by atoms with Crippen molar-refractivity contribution in [3.8, 4) is 0 Å². The molecule has 8 heteroatoms. The summed E-state index contributed by atoms with van der Waals surface area (Å²) in [6.07, 6.45) is 3.69. The lowest BCUT2D eigenvalue weighted by molar-refractivity contribution is 0.0469. The molecule has 0 aliphatic heterocycles. The van der Waals surface area contributed by atoms with E-state index in [2.05, 4.69) is 15.6 Å². The van der Waals surface area contributed by atoms with Gasteiger partial charge in [-0.05, 0) is 59.2 Å². The van der Waals surface area contributed by atoms with E-state index in [0.29, 0.717) is 29.9 Å². The monoisotopic (exact) mass is 423 g/mol. The van der Waals surface area contributed by atoms with E-state index in [1.807, 2.05) is 46.8 Å². The van der Waals surface area contributed by atoms with Crippen LogP contribution in [0, 0.1) is 0 Å². The minimum Gasteiger partial charge on any atom is -0.444 e. The van der Waals surface area contributed by atoms with Gasteiger partial charge in [-0.25, -0.2) is 9.78 Å². The molecule has 2 amide bonds. The average molecular weight is 424 g/mol. The standard InChI is InChI=1S/C23H29N5O3/c1-22(2,3)31-21(30)28-23(4,5)9-11-26-20-16-8-10-25-13-17(16)15-7-6-14(19(24)29)12-18(15)27-20/h6-8,10,12-13H,9,11H2,1-5H3,(H2,24,29)(H,26,27)(H,28,30). The number of nitrogens with zero attached hydrogens (tertiary/aromatic N) is 2. The summed E-state index contributed by atoms with van der Waals surface area (Å²) in [7, 11) is 0. The fraction of sp³-hybridized carbons (Fsp3) is 0.391. The molecule has 0 bridgehead atoms. The summed E-state index contributed by atoms with van der Waals surface area (Å²) < 4.78 is 5.35. The second-order valence-electron chi connectivity index (χ2n) is 9.17. The van der Waals surface area contributed by atoms with E-state index in [-0.39, 0.29) is 0 Å². The summed E-state index contributed by atoms with van der Waals surface area (Å²) >= 11 is 0. The molecule has 0 radical (unpaired) electrons. The molecule has 8 nitrogen and oxygen atoms in total. The van der Waals surface area contributed by atoms with Crippen LogP contribution in [0.3, 0.4) is 0 Å². The molecule has 31 heavy (non-hydrogen) atoms. The summed E-state index contributed by atoms with van der Waals surface area (Å²) in [5.41, 5.74) is 5.44. The SMILES string of the molecule is CC(C)(CCNc1nc2cc(C(N)=O)ccc2c2cnccc12)NC(=O)OC(C)(C)C. The second kappa shape index (κ2) is 8.37. The minimum absolute atomic E-state index is 0.400. The van der Waals surface area contributed by atoms with Crippen molar-refractivity contribution in [1.29, 1.82) is 0 Å². The molecule has 0 fully saturated rings. The van der Waals surface area contributed by atoms with Gasteiger partial charge in [0.15, 0.2) is 0 Å². The Labute approximate surface area is 181 Å². The van der Waals surface area contributed by atoms with E-state index >= 15 is 0 Å². The van der Waals surface area contributed by atoms with Gasteiger partial charge in [0, 0.05) is 46.2 Å². The summed E-state index contributed by atoms with van der Waals surface area (Å²) in [4.78, 5) is 32.6. The van der Waals surface area contributed by atoms with Crippen LogP contribution in [0.4, 0.5) is 10.6 Å². The van der Waals surface area contributed by atoms with Gasteiger partial charge in [-0.1, -0.05) is 6.07 Å². The predicted octanol–water partition coefficient (Wildman–Crippen LogP) is 3.99. The maximum absolute atomic E-state index is 12.1. The van der Waals surface area contributed by atoms with E-state index < -0.39 is 23.1 Å². The minimum atomic E-state index is -0.551. The molecule has 2 aromatic heterocycles. The maximum Gasteiger partial charge on any atom is 0.408 e. The highest BCUT2D eigenvalue weighted by Gasteiger charge is 2.24. The number of rotatable bonds is 6. The van der Waals surface area contributed by atoms with Crippen LogP contribution in [0.5, 0.6) is 0 Å². The lowest BCUT2D eigenvalue weighted by Crippen LogP contribution is -2.46. The van der Waals surface area contributed by atoms with E-state index in [9.17, 15) is 9.59 Å². The van der Waals surface area contributed by atoms with Gasteiger partial charge < -0.3 is 21.1 Å². The fourth-order valence-electron chi connectivity index (χ4n) is 3.27. The molecule has 0 saturated carbocycles. The first-order valence-electron chi connectivity index (χ1n) is 10.2. The number of carbonyl (C=O) groups excluding carboxylic acids is 2. The molecule has 0 aliphatic carbocycles. The molecular weight excluding hydrogens is 394 g/mol. The zero-order valence-corrected chi connectivity index (χ0v) is 18.6. The number of carbonyl (C=O) groups is 2. The van der Waals surface area contributed by atoms with Gasteiger partial charge in [-0.3, -0.25) is 9.78 Å². The Morgan fingerprint density at radius 1 is 1.06 bits per heavy atom. The third kappa shape index (κ3) is 5.59. The molecule has 0 aliphatic rings. The molecule has 1 aromatic carbocycles. The number of amides is 2. The lowest BCUT2D eigenvalue weighted by atomic mass is 10.0. The molecular formula is C23H29N5O3. The number of hydrogen-bond acceptors (Lipinski definition) is 6. The number of benzene rings is 1. The van der Waals surface area contributed by atoms with Crippen LogP contribution in [0.15, 0.2) is 36.7 Å². The molecule has 3 rings (SSSR count). The van der Waals surface area contributed by atoms with Crippen molar-refractivity contribution < 1.29 is 14.3 Å². The van der Waals surface area contributed by atoms with Crippen molar-refractivity contribution in [3.63, 3.8) is 0 Å². The number of fused-ring (bicyclic) bond motifs is 3. The Balaban J connectivity index is 1.80. The van der Waals surface area contributed by atoms with E-state index in [4.69, 9.17) is 15.5 Å². The number of nitrogens with one attached hydrogen (secondary N) is 2. The number of ether oxygens (including phenoxy) is 1. The molecule has 0 unspecified atom stereocenters. The average Bonchev–Trinajstić information content (AvgIpc) is 2.65. The first-order chi connectivity index (χ1) is 14.5. The van der Waals surface area contributed by atoms with Crippen LogP contribution in [-0.2, 0) is 4.74 Å². The van der Waals surface area contributed by atoms with Crippen LogP contribution < -0.4 is 16.4 Å². The smallest absolute Gasteiger partial charge is 0.408 e. The highest BCUT2D eigenvalue weighted by atomic mass is 16.6. The van der Waals surface area contributed by atoms with Crippen molar-refractivity contribution in [1.82, 2.24) is 15.3 Å². The normalized spacial score (nSPS) is 12.0. The summed E-state index contributed by atoms with van der Waals surface area (Å²) in [6, 6.07) is 7.11. The van der Waals surface area contributed by atoms with Crippen LogP contribution in [-0.4, -0.2) is 39.7 Å². The Morgan fingerprint density at radius 3 is 2.48 bits per heavy atom. The van der Waals surface area contributed by atoms with Crippen molar-refractivity contribution >= 4 is 39.5 Å². The van der Waals surface area contributed by atoms with Gasteiger partial charge >= 0.3 is 6.09 Å². The van der Waals surface area contributed by atoms with Gasteiger partial charge in [-0.2, -0.15) is 0 Å². The topological polar surface area (TPSA) is 119 Å². The summed E-state index contributed by atoms with van der Waals surface area (Å²) in [5.74, 6) is 0.180. The first-order valence-corrected chi connectivity index (χ1v) is 10.2.